The predicted molar refractivity (Wildman–Crippen MR) is 91.0 cm³/mol. The summed E-state index contributed by atoms with van der Waals surface area (Å²) in [6, 6.07) is 14.9. The quantitative estimate of drug-likeness (QED) is 0.907. The molecule has 0 radical (unpaired) electrons. The second-order valence-corrected chi connectivity index (χ2v) is 6.08. The monoisotopic (exact) mass is 328 g/mol. The van der Waals surface area contributed by atoms with Crippen molar-refractivity contribution in [2.24, 2.45) is 0 Å². The van der Waals surface area contributed by atoms with Gasteiger partial charge in [-0.3, -0.25) is 9.69 Å². The number of likely N-dealkylation sites (tertiary alicyclic amines) is 1. The zero-order chi connectivity index (χ0) is 16.9. The third kappa shape index (κ3) is 3.99. The van der Waals surface area contributed by atoms with Crippen LogP contribution < -0.4 is 5.32 Å². The van der Waals surface area contributed by atoms with E-state index >= 15 is 0 Å². The summed E-state index contributed by atoms with van der Waals surface area (Å²) < 4.78 is 13.0. The molecule has 2 N–H and O–H groups in total. The number of aliphatic hydroxyl groups excluding tert-OH is 1. The van der Waals surface area contributed by atoms with Crippen LogP contribution in [0.3, 0.4) is 0 Å². The second kappa shape index (κ2) is 7.55. The van der Waals surface area contributed by atoms with Crippen LogP contribution >= 0.6 is 0 Å². The number of hydrogen-bond donors (Lipinski definition) is 2. The standard InChI is InChI=1S/C19H21FN2O2/c20-15-6-8-16(9-7-15)21-19(24)18(14-4-2-1-3-5-14)22-12-10-17(23)11-13-22/h1-9,17-18,23H,10-13H2,(H,21,24)/t18-/m0/s1. The van der Waals surface area contributed by atoms with Crippen molar-refractivity contribution >= 4 is 11.6 Å². The van der Waals surface area contributed by atoms with Crippen molar-refractivity contribution in [1.82, 2.24) is 4.90 Å². The molecule has 1 atom stereocenters. The number of benzene rings is 2. The van der Waals surface area contributed by atoms with Crippen LogP contribution in [0.1, 0.15) is 24.4 Å². The molecular weight excluding hydrogens is 307 g/mol. The number of piperidine rings is 1. The van der Waals surface area contributed by atoms with E-state index in [0.29, 0.717) is 31.6 Å². The van der Waals surface area contributed by atoms with Crippen LogP contribution in [0.15, 0.2) is 54.6 Å². The highest BCUT2D eigenvalue weighted by Gasteiger charge is 2.30. The number of amides is 1. The van der Waals surface area contributed by atoms with E-state index in [1.165, 1.54) is 12.1 Å². The summed E-state index contributed by atoms with van der Waals surface area (Å²) in [6.45, 7) is 1.33. The molecule has 0 saturated carbocycles. The molecule has 2 aromatic rings. The molecule has 3 rings (SSSR count). The largest absolute Gasteiger partial charge is 0.393 e. The zero-order valence-corrected chi connectivity index (χ0v) is 13.4. The summed E-state index contributed by atoms with van der Waals surface area (Å²) in [7, 11) is 0. The third-order valence-electron chi connectivity index (χ3n) is 4.34. The molecule has 1 aliphatic heterocycles. The number of nitrogens with one attached hydrogen (secondary N) is 1. The first kappa shape index (κ1) is 16.6. The van der Waals surface area contributed by atoms with Crippen molar-refractivity contribution in [3.05, 3.63) is 66.0 Å². The van der Waals surface area contributed by atoms with Crippen molar-refractivity contribution in [1.29, 1.82) is 0 Å². The molecule has 1 saturated heterocycles. The molecule has 0 aliphatic carbocycles. The maximum absolute atomic E-state index is 13.0. The predicted octanol–water partition coefficient (Wildman–Crippen LogP) is 2.96. The van der Waals surface area contributed by atoms with Crippen LogP contribution in [0, 0.1) is 5.82 Å². The van der Waals surface area contributed by atoms with Gasteiger partial charge in [0.05, 0.1) is 6.10 Å². The van der Waals surface area contributed by atoms with Crippen LogP contribution in [0.25, 0.3) is 0 Å². The summed E-state index contributed by atoms with van der Waals surface area (Å²) in [4.78, 5) is 15.0. The number of carbonyl (C=O) groups excluding carboxylic acids is 1. The second-order valence-electron chi connectivity index (χ2n) is 6.08. The summed E-state index contributed by atoms with van der Waals surface area (Å²) in [5.74, 6) is -0.484. The van der Waals surface area contributed by atoms with E-state index < -0.39 is 6.04 Å². The van der Waals surface area contributed by atoms with Gasteiger partial charge in [0.1, 0.15) is 11.9 Å². The lowest BCUT2D eigenvalue weighted by Gasteiger charge is -2.35. The maximum Gasteiger partial charge on any atom is 0.246 e. The lowest BCUT2D eigenvalue weighted by atomic mass is 9.99. The van der Waals surface area contributed by atoms with Gasteiger partial charge in [0.15, 0.2) is 0 Å². The van der Waals surface area contributed by atoms with Crippen LogP contribution in [0.4, 0.5) is 10.1 Å². The third-order valence-corrected chi connectivity index (χ3v) is 4.34. The maximum atomic E-state index is 13.0. The number of hydrogen-bond acceptors (Lipinski definition) is 3. The van der Waals surface area contributed by atoms with Crippen LogP contribution in [0.2, 0.25) is 0 Å². The van der Waals surface area contributed by atoms with Gasteiger partial charge in [-0.2, -0.15) is 0 Å². The number of carbonyl (C=O) groups is 1. The topological polar surface area (TPSA) is 52.6 Å². The van der Waals surface area contributed by atoms with Crippen molar-refractivity contribution < 1.29 is 14.3 Å². The van der Waals surface area contributed by atoms with E-state index in [1.807, 2.05) is 30.3 Å². The molecule has 0 aromatic heterocycles. The number of nitrogens with zero attached hydrogens (tertiary/aromatic N) is 1. The van der Waals surface area contributed by atoms with Gasteiger partial charge >= 0.3 is 0 Å². The minimum absolute atomic E-state index is 0.149. The molecule has 1 fully saturated rings. The summed E-state index contributed by atoms with van der Waals surface area (Å²) in [5, 5.41) is 12.6. The Morgan fingerprint density at radius 1 is 1.08 bits per heavy atom. The molecule has 1 amide bonds. The molecule has 1 heterocycles. The Hall–Kier alpha value is -2.24. The first-order chi connectivity index (χ1) is 11.6. The Morgan fingerprint density at radius 2 is 1.71 bits per heavy atom. The first-order valence-corrected chi connectivity index (χ1v) is 8.17. The van der Waals surface area contributed by atoms with Gasteiger partial charge in [-0.05, 0) is 42.7 Å². The Kier molecular flexibility index (Phi) is 5.23. The van der Waals surface area contributed by atoms with E-state index in [2.05, 4.69) is 10.2 Å². The lowest BCUT2D eigenvalue weighted by molar-refractivity contribution is -0.122. The molecule has 5 heteroatoms. The van der Waals surface area contributed by atoms with E-state index in [-0.39, 0.29) is 17.8 Å². The normalized spacial score (nSPS) is 17.4. The minimum Gasteiger partial charge on any atom is -0.393 e. The SMILES string of the molecule is O=C(Nc1ccc(F)cc1)[C@H](c1ccccc1)N1CCC(O)CC1. The highest BCUT2D eigenvalue weighted by molar-refractivity contribution is 5.95. The highest BCUT2D eigenvalue weighted by atomic mass is 19.1. The van der Waals surface area contributed by atoms with Crippen molar-refractivity contribution in [3.63, 3.8) is 0 Å². The molecule has 1 aliphatic rings. The minimum atomic E-state index is -0.427. The zero-order valence-electron chi connectivity index (χ0n) is 13.4. The van der Waals surface area contributed by atoms with E-state index in [4.69, 9.17) is 0 Å². The molecule has 126 valence electrons. The summed E-state index contributed by atoms with van der Waals surface area (Å²) in [6.07, 6.45) is 1.03. The molecule has 4 nitrogen and oxygen atoms in total. The van der Waals surface area contributed by atoms with Gasteiger partial charge in [-0.25, -0.2) is 4.39 Å². The number of anilines is 1. The van der Waals surface area contributed by atoms with Gasteiger partial charge in [0.2, 0.25) is 5.91 Å². The van der Waals surface area contributed by atoms with Crippen LogP contribution in [-0.4, -0.2) is 35.1 Å². The fourth-order valence-electron chi connectivity index (χ4n) is 3.05. The molecule has 0 unspecified atom stereocenters. The molecule has 0 bridgehead atoms. The van der Waals surface area contributed by atoms with Crippen molar-refractivity contribution in [3.8, 4) is 0 Å². The number of aliphatic hydroxyl groups is 1. The smallest absolute Gasteiger partial charge is 0.246 e. The first-order valence-electron chi connectivity index (χ1n) is 8.17. The van der Waals surface area contributed by atoms with E-state index in [0.717, 1.165) is 5.56 Å². The molecule has 0 spiro atoms. The fraction of sp³-hybridized carbons (Fsp3) is 0.316. The Bertz CT molecular complexity index is 668. The van der Waals surface area contributed by atoms with E-state index in [1.54, 1.807) is 12.1 Å². The average Bonchev–Trinajstić information content (AvgIpc) is 2.60. The Morgan fingerprint density at radius 3 is 2.33 bits per heavy atom. The molecular formula is C19H21FN2O2. The van der Waals surface area contributed by atoms with E-state index in [9.17, 15) is 14.3 Å². The Labute approximate surface area is 140 Å². The van der Waals surface area contributed by atoms with Crippen molar-refractivity contribution in [2.45, 2.75) is 25.0 Å². The summed E-state index contributed by atoms with van der Waals surface area (Å²) >= 11 is 0. The van der Waals surface area contributed by atoms with Gasteiger partial charge in [0.25, 0.3) is 0 Å². The lowest BCUT2D eigenvalue weighted by Crippen LogP contribution is -2.43. The average molecular weight is 328 g/mol. The van der Waals surface area contributed by atoms with Crippen molar-refractivity contribution in [2.75, 3.05) is 18.4 Å². The number of halogens is 1. The molecule has 2 aromatic carbocycles. The van der Waals surface area contributed by atoms with Gasteiger partial charge in [0, 0.05) is 18.8 Å². The van der Waals surface area contributed by atoms with Gasteiger partial charge in [-0.15, -0.1) is 0 Å². The van der Waals surface area contributed by atoms with Crippen LogP contribution in [0.5, 0.6) is 0 Å². The number of rotatable bonds is 4. The van der Waals surface area contributed by atoms with Gasteiger partial charge < -0.3 is 10.4 Å². The molecule has 24 heavy (non-hydrogen) atoms. The highest BCUT2D eigenvalue weighted by Crippen LogP contribution is 2.26. The Balaban J connectivity index is 1.81. The fourth-order valence-corrected chi connectivity index (χ4v) is 3.05. The van der Waals surface area contributed by atoms with Gasteiger partial charge in [-0.1, -0.05) is 30.3 Å². The summed E-state index contributed by atoms with van der Waals surface area (Å²) in [5.41, 5.74) is 1.48. The van der Waals surface area contributed by atoms with Crippen LogP contribution in [-0.2, 0) is 4.79 Å².